The molecule has 2 aromatic rings. The van der Waals surface area contributed by atoms with Crippen LogP contribution in [-0.2, 0) is 14.8 Å². The molecule has 0 fully saturated rings. The number of ether oxygens (including phenoxy) is 2. The number of nitrogens with one attached hydrogen (secondary N) is 1. The van der Waals surface area contributed by atoms with Crippen molar-refractivity contribution in [2.24, 2.45) is 5.92 Å². The number of anilines is 1. The number of hydrogen-bond donors (Lipinski definition) is 1. The number of amides is 1. The van der Waals surface area contributed by atoms with Crippen LogP contribution in [0, 0.1) is 11.7 Å². The summed E-state index contributed by atoms with van der Waals surface area (Å²) in [4.78, 5) is 12.5. The molecule has 9 heteroatoms. The van der Waals surface area contributed by atoms with E-state index in [9.17, 15) is 17.6 Å². The summed E-state index contributed by atoms with van der Waals surface area (Å²) in [5.74, 6) is -0.204. The average molecular weight is 439 g/mol. The fraction of sp³-hybridized carbons (Fsp3) is 0.381. The van der Waals surface area contributed by atoms with E-state index in [1.54, 1.807) is 0 Å². The fourth-order valence-corrected chi connectivity index (χ4v) is 4.06. The van der Waals surface area contributed by atoms with Gasteiger partial charge >= 0.3 is 0 Å². The number of halogens is 1. The Kier molecular flexibility index (Phi) is 7.66. The summed E-state index contributed by atoms with van der Waals surface area (Å²) < 4.78 is 51.5. The fourth-order valence-electron chi connectivity index (χ4n) is 2.62. The molecule has 0 aliphatic carbocycles. The summed E-state index contributed by atoms with van der Waals surface area (Å²) in [5, 5.41) is 2.79. The molecule has 1 amide bonds. The number of carbonyl (C=O) groups excluding carboxylic acids is 1. The first kappa shape index (κ1) is 23.5. The highest BCUT2D eigenvalue weighted by atomic mass is 32.2. The average Bonchev–Trinajstić information content (AvgIpc) is 2.71. The van der Waals surface area contributed by atoms with Crippen LogP contribution < -0.4 is 19.1 Å². The topological polar surface area (TPSA) is 84.9 Å². The maximum absolute atomic E-state index is 13.4. The number of methoxy groups -OCH3 is 2. The van der Waals surface area contributed by atoms with E-state index in [0.29, 0.717) is 5.75 Å². The van der Waals surface area contributed by atoms with Crippen molar-refractivity contribution in [3.05, 3.63) is 48.3 Å². The van der Waals surface area contributed by atoms with E-state index in [1.807, 2.05) is 20.8 Å². The van der Waals surface area contributed by atoms with Gasteiger partial charge in [0.2, 0.25) is 5.91 Å². The Balaban J connectivity index is 2.47. The molecule has 7 nitrogen and oxygen atoms in total. The van der Waals surface area contributed by atoms with Crippen molar-refractivity contribution in [1.29, 1.82) is 0 Å². The van der Waals surface area contributed by atoms with Gasteiger partial charge < -0.3 is 14.8 Å². The van der Waals surface area contributed by atoms with Gasteiger partial charge in [0.25, 0.3) is 10.0 Å². The molecule has 0 aromatic heterocycles. The molecule has 0 radical (unpaired) electrons. The van der Waals surface area contributed by atoms with Crippen molar-refractivity contribution in [2.75, 3.05) is 25.1 Å². The van der Waals surface area contributed by atoms with Crippen LogP contribution in [0.15, 0.2) is 47.4 Å². The third-order valence-corrected chi connectivity index (χ3v) is 6.50. The minimum atomic E-state index is -4.16. The summed E-state index contributed by atoms with van der Waals surface area (Å²) in [5.41, 5.74) is 0.165. The molecule has 0 bridgehead atoms. The van der Waals surface area contributed by atoms with Crippen molar-refractivity contribution in [3.63, 3.8) is 0 Å². The van der Waals surface area contributed by atoms with Crippen molar-refractivity contribution < 1.29 is 27.1 Å². The molecule has 0 saturated carbocycles. The van der Waals surface area contributed by atoms with Gasteiger partial charge in [0.05, 0.1) is 24.8 Å². The molecule has 1 N–H and O–H groups in total. The second-order valence-corrected chi connectivity index (χ2v) is 8.97. The van der Waals surface area contributed by atoms with Crippen LogP contribution in [0.1, 0.15) is 20.8 Å². The van der Waals surface area contributed by atoms with Crippen LogP contribution >= 0.6 is 0 Å². The van der Waals surface area contributed by atoms with E-state index in [4.69, 9.17) is 9.47 Å². The highest BCUT2D eigenvalue weighted by Crippen LogP contribution is 2.32. The van der Waals surface area contributed by atoms with E-state index in [0.717, 1.165) is 16.4 Å². The third kappa shape index (κ3) is 5.41. The highest BCUT2D eigenvalue weighted by molar-refractivity contribution is 7.92. The zero-order valence-corrected chi connectivity index (χ0v) is 18.5. The van der Waals surface area contributed by atoms with Crippen molar-refractivity contribution in [2.45, 2.75) is 31.7 Å². The standard InChI is InChI=1S/C21H27FN2O5S/c1-14(2)15(3)23-21(25)13-24(17-8-6-16(22)7-9-17)30(26,27)18-10-11-19(28-4)20(12-18)29-5/h6-12,14-15H,13H2,1-5H3,(H,23,25)/t15-/m1/s1. The van der Waals surface area contributed by atoms with Crippen LogP contribution in [0.4, 0.5) is 10.1 Å². The molecule has 0 spiro atoms. The van der Waals surface area contributed by atoms with Crippen LogP contribution in [-0.4, -0.2) is 41.1 Å². The first-order valence-corrected chi connectivity index (χ1v) is 10.8. The summed E-state index contributed by atoms with van der Waals surface area (Å²) >= 11 is 0. The van der Waals surface area contributed by atoms with Gasteiger partial charge in [-0.15, -0.1) is 0 Å². The molecule has 0 aliphatic rings. The Morgan fingerprint density at radius 3 is 2.17 bits per heavy atom. The van der Waals surface area contributed by atoms with Gasteiger partial charge in [-0.1, -0.05) is 13.8 Å². The van der Waals surface area contributed by atoms with Crippen molar-refractivity contribution >= 4 is 21.6 Å². The number of sulfonamides is 1. The number of rotatable bonds is 9. The minimum Gasteiger partial charge on any atom is -0.493 e. The van der Waals surface area contributed by atoms with Gasteiger partial charge in [0.15, 0.2) is 11.5 Å². The molecule has 164 valence electrons. The number of carbonyl (C=O) groups is 1. The van der Waals surface area contributed by atoms with E-state index in [1.165, 1.54) is 44.6 Å². The highest BCUT2D eigenvalue weighted by Gasteiger charge is 2.29. The molecule has 2 aromatic carbocycles. The molecule has 0 unspecified atom stereocenters. The lowest BCUT2D eigenvalue weighted by Gasteiger charge is -2.26. The molecular formula is C21H27FN2O5S. The summed E-state index contributed by atoms with van der Waals surface area (Å²) in [6.07, 6.45) is 0. The Bertz CT molecular complexity index is 977. The van der Waals surface area contributed by atoms with E-state index in [2.05, 4.69) is 5.32 Å². The quantitative estimate of drug-likeness (QED) is 0.650. The maximum Gasteiger partial charge on any atom is 0.264 e. The number of nitrogens with zero attached hydrogens (tertiary/aromatic N) is 1. The molecule has 0 heterocycles. The normalized spacial score (nSPS) is 12.4. The minimum absolute atomic E-state index is 0.0887. The van der Waals surface area contributed by atoms with Gasteiger partial charge in [-0.3, -0.25) is 9.10 Å². The second-order valence-electron chi connectivity index (χ2n) is 7.11. The summed E-state index contributed by atoms with van der Waals surface area (Å²) in [6, 6.07) is 8.91. The van der Waals surface area contributed by atoms with Gasteiger partial charge in [-0.05, 0) is 49.2 Å². The second kappa shape index (κ2) is 9.80. The third-order valence-electron chi connectivity index (χ3n) is 4.73. The van der Waals surface area contributed by atoms with Crippen LogP contribution in [0.25, 0.3) is 0 Å². The molecule has 2 rings (SSSR count). The lowest BCUT2D eigenvalue weighted by atomic mass is 10.1. The zero-order chi connectivity index (χ0) is 22.5. The molecule has 30 heavy (non-hydrogen) atoms. The molecular weight excluding hydrogens is 411 g/mol. The zero-order valence-electron chi connectivity index (χ0n) is 17.7. The Morgan fingerprint density at radius 1 is 1.03 bits per heavy atom. The molecule has 1 atom stereocenters. The first-order valence-electron chi connectivity index (χ1n) is 9.39. The van der Waals surface area contributed by atoms with E-state index >= 15 is 0 Å². The lowest BCUT2D eigenvalue weighted by Crippen LogP contribution is -2.45. The largest absolute Gasteiger partial charge is 0.493 e. The predicted molar refractivity (Wildman–Crippen MR) is 113 cm³/mol. The van der Waals surface area contributed by atoms with E-state index < -0.39 is 28.3 Å². The number of benzene rings is 2. The number of hydrogen-bond acceptors (Lipinski definition) is 5. The molecule has 0 aliphatic heterocycles. The lowest BCUT2D eigenvalue weighted by molar-refractivity contribution is -0.120. The Morgan fingerprint density at radius 2 is 1.63 bits per heavy atom. The molecule has 0 saturated heterocycles. The van der Waals surface area contributed by atoms with Gasteiger partial charge in [-0.25, -0.2) is 12.8 Å². The van der Waals surface area contributed by atoms with Crippen LogP contribution in [0.3, 0.4) is 0 Å². The Hall–Kier alpha value is -2.81. The van der Waals surface area contributed by atoms with Crippen LogP contribution in [0.2, 0.25) is 0 Å². The van der Waals surface area contributed by atoms with E-state index in [-0.39, 0.29) is 28.3 Å². The van der Waals surface area contributed by atoms with Gasteiger partial charge in [0.1, 0.15) is 12.4 Å². The van der Waals surface area contributed by atoms with Gasteiger partial charge in [-0.2, -0.15) is 0 Å². The van der Waals surface area contributed by atoms with Crippen molar-refractivity contribution in [3.8, 4) is 11.5 Å². The smallest absolute Gasteiger partial charge is 0.264 e. The summed E-state index contributed by atoms with van der Waals surface area (Å²) in [6.45, 7) is 5.28. The predicted octanol–water partition coefficient (Wildman–Crippen LogP) is 3.20. The van der Waals surface area contributed by atoms with Gasteiger partial charge in [0, 0.05) is 12.1 Å². The summed E-state index contributed by atoms with van der Waals surface area (Å²) in [7, 11) is -1.32. The van der Waals surface area contributed by atoms with Crippen LogP contribution in [0.5, 0.6) is 11.5 Å². The maximum atomic E-state index is 13.4. The monoisotopic (exact) mass is 438 g/mol. The van der Waals surface area contributed by atoms with Crippen molar-refractivity contribution in [1.82, 2.24) is 5.32 Å². The first-order chi connectivity index (χ1) is 14.1. The SMILES string of the molecule is COc1ccc(S(=O)(=O)N(CC(=O)N[C@H](C)C(C)C)c2ccc(F)cc2)cc1OC. The Labute approximate surface area is 176 Å².